The third-order valence-electron chi connectivity index (χ3n) is 2.48. The number of ether oxygens (including phenoxy) is 1. The number of hydrogen-bond donors (Lipinski definition) is 1. The standard InChI is InChI=1S/C13H13N3O2/c1-9(13(14)17)11-7-16-12(8-15-11)18-10-5-3-2-4-6-10/h2-9H,1H3,(H2,14,17). The first-order valence-electron chi connectivity index (χ1n) is 5.51. The van der Waals surface area contributed by atoms with Gasteiger partial charge in [0.05, 0.1) is 24.0 Å². The van der Waals surface area contributed by atoms with Gasteiger partial charge in [0.15, 0.2) is 0 Å². The molecule has 0 spiro atoms. The van der Waals surface area contributed by atoms with E-state index in [2.05, 4.69) is 9.97 Å². The molecule has 2 rings (SSSR count). The third kappa shape index (κ3) is 2.82. The lowest BCUT2D eigenvalue weighted by Crippen LogP contribution is -2.19. The lowest BCUT2D eigenvalue weighted by molar-refractivity contribution is -0.119. The Morgan fingerprint density at radius 1 is 1.22 bits per heavy atom. The third-order valence-corrected chi connectivity index (χ3v) is 2.48. The summed E-state index contributed by atoms with van der Waals surface area (Å²) >= 11 is 0. The molecule has 2 aromatic rings. The summed E-state index contributed by atoms with van der Waals surface area (Å²) in [7, 11) is 0. The largest absolute Gasteiger partial charge is 0.438 e. The van der Waals surface area contributed by atoms with Gasteiger partial charge in [-0.05, 0) is 19.1 Å². The van der Waals surface area contributed by atoms with Gasteiger partial charge in [0.2, 0.25) is 11.8 Å². The minimum Gasteiger partial charge on any atom is -0.438 e. The molecule has 0 aliphatic heterocycles. The fraction of sp³-hybridized carbons (Fsp3) is 0.154. The van der Waals surface area contributed by atoms with E-state index in [1.54, 1.807) is 6.92 Å². The molecule has 1 atom stereocenters. The van der Waals surface area contributed by atoms with Crippen LogP contribution in [0.15, 0.2) is 42.7 Å². The van der Waals surface area contributed by atoms with Crippen molar-refractivity contribution in [3.05, 3.63) is 48.4 Å². The zero-order chi connectivity index (χ0) is 13.0. The second-order valence-electron chi connectivity index (χ2n) is 3.82. The molecule has 0 fully saturated rings. The molecule has 2 N–H and O–H groups in total. The topological polar surface area (TPSA) is 78.1 Å². The predicted molar refractivity (Wildman–Crippen MR) is 66.2 cm³/mol. The lowest BCUT2D eigenvalue weighted by Gasteiger charge is -2.07. The van der Waals surface area contributed by atoms with Gasteiger partial charge in [-0.1, -0.05) is 18.2 Å². The molecule has 0 saturated heterocycles. The zero-order valence-electron chi connectivity index (χ0n) is 9.91. The number of amides is 1. The highest BCUT2D eigenvalue weighted by Gasteiger charge is 2.13. The van der Waals surface area contributed by atoms with Crippen molar-refractivity contribution >= 4 is 5.91 Å². The molecule has 1 heterocycles. The van der Waals surface area contributed by atoms with Gasteiger partial charge in [-0.3, -0.25) is 9.78 Å². The quantitative estimate of drug-likeness (QED) is 0.888. The van der Waals surface area contributed by atoms with E-state index in [4.69, 9.17) is 10.5 Å². The highest BCUT2D eigenvalue weighted by molar-refractivity contribution is 5.80. The van der Waals surface area contributed by atoms with E-state index < -0.39 is 11.8 Å². The number of carbonyl (C=O) groups is 1. The van der Waals surface area contributed by atoms with E-state index in [0.29, 0.717) is 17.3 Å². The molecule has 1 aromatic heterocycles. The number of rotatable bonds is 4. The molecule has 5 nitrogen and oxygen atoms in total. The van der Waals surface area contributed by atoms with Crippen molar-refractivity contribution in [1.29, 1.82) is 0 Å². The molecule has 92 valence electrons. The van der Waals surface area contributed by atoms with E-state index in [1.807, 2.05) is 30.3 Å². The van der Waals surface area contributed by atoms with Crippen LogP contribution in [0, 0.1) is 0 Å². The zero-order valence-corrected chi connectivity index (χ0v) is 9.91. The molecule has 1 unspecified atom stereocenters. The first kappa shape index (κ1) is 12.0. The molecule has 5 heteroatoms. The number of aromatic nitrogens is 2. The summed E-state index contributed by atoms with van der Waals surface area (Å²) in [5, 5.41) is 0. The van der Waals surface area contributed by atoms with Crippen molar-refractivity contribution in [2.24, 2.45) is 5.73 Å². The predicted octanol–water partition coefficient (Wildman–Crippen LogP) is 1.86. The van der Waals surface area contributed by atoms with Gasteiger partial charge in [0.1, 0.15) is 5.75 Å². The van der Waals surface area contributed by atoms with Gasteiger partial charge in [0, 0.05) is 0 Å². The minimum absolute atomic E-state index is 0.377. The summed E-state index contributed by atoms with van der Waals surface area (Å²) in [6.07, 6.45) is 2.97. The molecule has 0 aliphatic rings. The van der Waals surface area contributed by atoms with Crippen LogP contribution in [0.1, 0.15) is 18.5 Å². The highest BCUT2D eigenvalue weighted by atomic mass is 16.5. The first-order valence-corrected chi connectivity index (χ1v) is 5.51. The Labute approximate surface area is 105 Å². The fourth-order valence-electron chi connectivity index (χ4n) is 1.36. The van der Waals surface area contributed by atoms with Crippen LogP contribution in [0.25, 0.3) is 0 Å². The number of carbonyl (C=O) groups excluding carboxylic acids is 1. The molecule has 0 saturated carbocycles. The summed E-state index contributed by atoms with van der Waals surface area (Å²) in [4.78, 5) is 19.2. The fourth-order valence-corrected chi connectivity index (χ4v) is 1.36. The van der Waals surface area contributed by atoms with E-state index in [1.165, 1.54) is 12.4 Å². The summed E-state index contributed by atoms with van der Waals surface area (Å²) in [5.74, 6) is 0.174. The van der Waals surface area contributed by atoms with Gasteiger partial charge in [-0.2, -0.15) is 0 Å². The monoisotopic (exact) mass is 243 g/mol. The van der Waals surface area contributed by atoms with Gasteiger partial charge in [-0.15, -0.1) is 0 Å². The Kier molecular flexibility index (Phi) is 3.52. The molecule has 0 bridgehead atoms. The van der Waals surface area contributed by atoms with E-state index in [9.17, 15) is 4.79 Å². The van der Waals surface area contributed by atoms with Gasteiger partial charge in [0.25, 0.3) is 0 Å². The number of para-hydroxylation sites is 1. The van der Waals surface area contributed by atoms with Crippen molar-refractivity contribution in [1.82, 2.24) is 9.97 Å². The van der Waals surface area contributed by atoms with Gasteiger partial charge in [-0.25, -0.2) is 4.98 Å². The summed E-state index contributed by atoms with van der Waals surface area (Å²) < 4.78 is 5.48. The molecular formula is C13H13N3O2. The number of hydrogen-bond acceptors (Lipinski definition) is 4. The Morgan fingerprint density at radius 2 is 1.94 bits per heavy atom. The van der Waals surface area contributed by atoms with Crippen LogP contribution in [0.3, 0.4) is 0 Å². The molecule has 18 heavy (non-hydrogen) atoms. The second-order valence-corrected chi connectivity index (χ2v) is 3.82. The Balaban J connectivity index is 2.11. The lowest BCUT2D eigenvalue weighted by atomic mass is 10.1. The van der Waals surface area contributed by atoms with Gasteiger partial charge < -0.3 is 10.5 Å². The van der Waals surface area contributed by atoms with Crippen LogP contribution in [0.5, 0.6) is 11.6 Å². The van der Waals surface area contributed by atoms with Crippen molar-refractivity contribution in [2.45, 2.75) is 12.8 Å². The number of nitrogens with two attached hydrogens (primary N) is 1. The average Bonchev–Trinajstić information content (AvgIpc) is 2.40. The van der Waals surface area contributed by atoms with Crippen LogP contribution in [-0.2, 0) is 4.79 Å². The van der Waals surface area contributed by atoms with E-state index >= 15 is 0 Å². The SMILES string of the molecule is CC(C(N)=O)c1cnc(Oc2ccccc2)cn1. The highest BCUT2D eigenvalue weighted by Crippen LogP contribution is 2.19. The Morgan fingerprint density at radius 3 is 2.50 bits per heavy atom. The van der Waals surface area contributed by atoms with Gasteiger partial charge >= 0.3 is 0 Å². The first-order chi connectivity index (χ1) is 8.66. The van der Waals surface area contributed by atoms with Crippen molar-refractivity contribution in [3.8, 4) is 11.6 Å². The van der Waals surface area contributed by atoms with Crippen LogP contribution >= 0.6 is 0 Å². The van der Waals surface area contributed by atoms with Crippen molar-refractivity contribution in [3.63, 3.8) is 0 Å². The molecule has 0 radical (unpaired) electrons. The van der Waals surface area contributed by atoms with Crippen LogP contribution in [0.4, 0.5) is 0 Å². The Hall–Kier alpha value is -2.43. The summed E-state index contributed by atoms with van der Waals surface area (Å²) in [5.41, 5.74) is 5.72. The number of nitrogens with zero attached hydrogens (tertiary/aromatic N) is 2. The smallest absolute Gasteiger partial charge is 0.237 e. The maximum Gasteiger partial charge on any atom is 0.237 e. The molecular weight excluding hydrogens is 230 g/mol. The minimum atomic E-state index is -0.455. The number of primary amides is 1. The van der Waals surface area contributed by atoms with Crippen molar-refractivity contribution in [2.75, 3.05) is 0 Å². The molecule has 0 aliphatic carbocycles. The average molecular weight is 243 g/mol. The van der Waals surface area contributed by atoms with Crippen LogP contribution in [-0.4, -0.2) is 15.9 Å². The maximum atomic E-state index is 11.0. The van der Waals surface area contributed by atoms with Crippen molar-refractivity contribution < 1.29 is 9.53 Å². The maximum absolute atomic E-state index is 11.0. The van der Waals surface area contributed by atoms with E-state index in [0.717, 1.165) is 0 Å². The second kappa shape index (κ2) is 5.27. The number of benzene rings is 1. The van der Waals surface area contributed by atoms with Crippen LogP contribution in [0.2, 0.25) is 0 Å². The van der Waals surface area contributed by atoms with Crippen LogP contribution < -0.4 is 10.5 Å². The summed E-state index contributed by atoms with van der Waals surface area (Å²) in [6, 6.07) is 9.28. The van der Waals surface area contributed by atoms with E-state index in [-0.39, 0.29) is 0 Å². The normalized spacial score (nSPS) is 11.8. The molecule has 1 aromatic carbocycles. The molecule has 1 amide bonds. The Bertz CT molecular complexity index is 526. The summed E-state index contributed by atoms with van der Waals surface area (Å²) in [6.45, 7) is 1.68.